The summed E-state index contributed by atoms with van der Waals surface area (Å²) in [4.78, 5) is 32.1. The lowest BCUT2D eigenvalue weighted by atomic mass is 9.93. The van der Waals surface area contributed by atoms with Crippen LogP contribution >= 0.6 is 11.3 Å². The Morgan fingerprint density at radius 1 is 1.04 bits per heavy atom. The fourth-order valence-electron chi connectivity index (χ4n) is 7.79. The summed E-state index contributed by atoms with van der Waals surface area (Å²) in [5, 5.41) is 13.0. The van der Waals surface area contributed by atoms with Crippen LogP contribution in [0.2, 0.25) is 0 Å². The van der Waals surface area contributed by atoms with Crippen molar-refractivity contribution in [3.05, 3.63) is 100.0 Å². The minimum Gasteiger partial charge on any atom is -0.493 e. The largest absolute Gasteiger partial charge is 0.493 e. The number of nitrogens with one attached hydrogen (secondary N) is 1. The van der Waals surface area contributed by atoms with Crippen molar-refractivity contribution in [3.8, 4) is 27.6 Å². The second kappa shape index (κ2) is 11.9. The highest BCUT2D eigenvalue weighted by atomic mass is 32.1. The highest BCUT2D eigenvalue weighted by Gasteiger charge is 2.45. The maximum absolute atomic E-state index is 14.5. The lowest BCUT2D eigenvalue weighted by Gasteiger charge is -2.16. The molecule has 1 unspecified atom stereocenters. The first kappa shape index (κ1) is 30.7. The number of hydrogen-bond donors (Lipinski definition) is 1. The molecule has 4 aromatic heterocycles. The number of carbonyl (C=O) groups is 1. The third kappa shape index (κ3) is 4.93. The number of benzene rings is 2. The van der Waals surface area contributed by atoms with Gasteiger partial charge in [0.2, 0.25) is 11.8 Å². The predicted molar refractivity (Wildman–Crippen MR) is 183 cm³/mol. The highest BCUT2D eigenvalue weighted by molar-refractivity contribution is 7.22. The fourth-order valence-corrected chi connectivity index (χ4v) is 8.85. The number of carbonyl (C=O) groups excluding carboxylic acids is 1. The SMILES string of the molecule is COc1c(F)ccc2c1CC[C@H]2Nc1ncnc2sc(-c3c4c(nc(CCc5ccc(F)cc5)c3-c3nnc(C)o3)C3CCCN3C4=O)cc12. The number of rotatable bonds is 8. The molecule has 252 valence electrons. The number of nitrogens with zero attached hydrogens (tertiary/aromatic N) is 6. The van der Waals surface area contributed by atoms with E-state index in [9.17, 15) is 13.6 Å². The van der Waals surface area contributed by atoms with Crippen LogP contribution in [0.5, 0.6) is 5.75 Å². The van der Waals surface area contributed by atoms with Crippen molar-refractivity contribution in [2.45, 2.75) is 57.5 Å². The number of methoxy groups -OCH3 is 1. The molecular weight excluding hydrogens is 661 g/mol. The Morgan fingerprint density at radius 2 is 1.90 bits per heavy atom. The molecule has 1 amide bonds. The number of thiophene rings is 1. The summed E-state index contributed by atoms with van der Waals surface area (Å²) < 4.78 is 39.7. The minimum absolute atomic E-state index is 0.0572. The van der Waals surface area contributed by atoms with Crippen molar-refractivity contribution < 1.29 is 22.7 Å². The van der Waals surface area contributed by atoms with E-state index < -0.39 is 0 Å². The smallest absolute Gasteiger partial charge is 0.257 e. The van der Waals surface area contributed by atoms with Crippen molar-refractivity contribution in [3.63, 3.8) is 0 Å². The van der Waals surface area contributed by atoms with Gasteiger partial charge in [0.1, 0.15) is 22.8 Å². The van der Waals surface area contributed by atoms with Gasteiger partial charge in [-0.05, 0) is 73.9 Å². The summed E-state index contributed by atoms with van der Waals surface area (Å²) in [7, 11) is 1.49. The van der Waals surface area contributed by atoms with Crippen LogP contribution in [0.4, 0.5) is 14.6 Å². The molecule has 2 aromatic carbocycles. The Balaban J connectivity index is 1.20. The number of anilines is 1. The van der Waals surface area contributed by atoms with Gasteiger partial charge in [-0.15, -0.1) is 21.5 Å². The number of fused-ring (bicyclic) bond motifs is 5. The first-order valence-electron chi connectivity index (χ1n) is 16.7. The molecule has 13 heteroatoms. The van der Waals surface area contributed by atoms with Gasteiger partial charge in [0.05, 0.1) is 47.1 Å². The average molecular weight is 692 g/mol. The highest BCUT2D eigenvalue weighted by Crippen LogP contribution is 2.50. The number of aryl methyl sites for hydroxylation is 3. The van der Waals surface area contributed by atoms with Crippen LogP contribution in [0.15, 0.2) is 53.2 Å². The fraction of sp³-hybridized carbons (Fsp3) is 0.297. The molecule has 6 heterocycles. The van der Waals surface area contributed by atoms with E-state index in [4.69, 9.17) is 14.1 Å². The van der Waals surface area contributed by atoms with Crippen LogP contribution < -0.4 is 10.1 Å². The molecule has 9 rings (SSSR count). The molecule has 1 fully saturated rings. The summed E-state index contributed by atoms with van der Waals surface area (Å²) in [5.74, 6) is 0.885. The van der Waals surface area contributed by atoms with Gasteiger partial charge in [-0.25, -0.2) is 18.7 Å². The molecule has 1 N–H and O–H groups in total. The monoisotopic (exact) mass is 691 g/mol. The van der Waals surface area contributed by atoms with Crippen LogP contribution in [0.3, 0.4) is 0 Å². The van der Waals surface area contributed by atoms with Crippen LogP contribution in [0.25, 0.3) is 32.1 Å². The van der Waals surface area contributed by atoms with Gasteiger partial charge in [0.15, 0.2) is 11.6 Å². The van der Waals surface area contributed by atoms with E-state index >= 15 is 0 Å². The number of hydrogen-bond acceptors (Lipinski definition) is 10. The molecule has 6 aromatic rings. The maximum Gasteiger partial charge on any atom is 0.257 e. The molecule has 0 bridgehead atoms. The third-order valence-electron chi connectivity index (χ3n) is 10.0. The van der Waals surface area contributed by atoms with Gasteiger partial charge in [0.25, 0.3) is 5.91 Å². The zero-order chi connectivity index (χ0) is 34.1. The second-order valence-electron chi connectivity index (χ2n) is 12.9. The summed E-state index contributed by atoms with van der Waals surface area (Å²) in [6.07, 6.45) is 5.81. The van der Waals surface area contributed by atoms with Crippen LogP contribution in [0, 0.1) is 18.6 Å². The molecule has 2 atom stereocenters. The second-order valence-corrected chi connectivity index (χ2v) is 13.9. The maximum atomic E-state index is 14.5. The standard InChI is InChI=1S/C37H31F2N7O3S/c1-18-44-45-35(49-18)29-26(13-7-19-5-8-20(38)9-6-19)42-32-27-4-3-15-46(27)37(47)31(32)30(29)28-16-23-34(40-17-41-36(23)50-28)43-25-14-11-22-21(25)10-12-24(39)33(22)48-2/h5-6,8-10,12,16-17,25,27H,3-4,7,11,13-15H2,1-2H3,(H,40,41,43)/t25-,27?/m1/s1. The van der Waals surface area contributed by atoms with Crippen LogP contribution in [-0.4, -0.2) is 49.6 Å². The van der Waals surface area contributed by atoms with Gasteiger partial charge in [-0.3, -0.25) is 9.78 Å². The van der Waals surface area contributed by atoms with Crippen molar-refractivity contribution in [2.24, 2.45) is 0 Å². The van der Waals surface area contributed by atoms with Crippen LogP contribution in [0.1, 0.15) is 75.7 Å². The van der Waals surface area contributed by atoms with E-state index in [1.165, 1.54) is 43.0 Å². The Kier molecular flexibility index (Phi) is 7.34. The molecule has 0 saturated carbocycles. The topological polar surface area (TPSA) is 119 Å². The minimum atomic E-state index is -0.372. The molecule has 1 aliphatic carbocycles. The normalized spacial score (nSPS) is 17.8. The average Bonchev–Trinajstić information content (AvgIpc) is 3.96. The van der Waals surface area contributed by atoms with Gasteiger partial charge in [0, 0.05) is 29.5 Å². The van der Waals surface area contributed by atoms with Crippen molar-refractivity contribution in [2.75, 3.05) is 19.0 Å². The predicted octanol–water partition coefficient (Wildman–Crippen LogP) is 7.57. The van der Waals surface area contributed by atoms with E-state index in [-0.39, 0.29) is 41.3 Å². The lowest BCUT2D eigenvalue weighted by Crippen LogP contribution is -2.22. The van der Waals surface area contributed by atoms with Crippen molar-refractivity contribution >= 4 is 33.3 Å². The van der Waals surface area contributed by atoms with Gasteiger partial charge in [-0.1, -0.05) is 18.2 Å². The molecule has 0 radical (unpaired) electrons. The van der Waals surface area contributed by atoms with Gasteiger partial charge >= 0.3 is 0 Å². The summed E-state index contributed by atoms with van der Waals surface area (Å²) in [6, 6.07) is 11.5. The zero-order valence-electron chi connectivity index (χ0n) is 27.3. The Bertz CT molecular complexity index is 2320. The van der Waals surface area contributed by atoms with E-state index in [1.54, 1.807) is 25.1 Å². The van der Waals surface area contributed by atoms with Crippen molar-refractivity contribution in [1.82, 2.24) is 30.0 Å². The van der Waals surface area contributed by atoms with E-state index in [2.05, 4.69) is 25.5 Å². The first-order valence-corrected chi connectivity index (χ1v) is 17.5. The lowest BCUT2D eigenvalue weighted by molar-refractivity contribution is 0.0776. The number of halogens is 2. The summed E-state index contributed by atoms with van der Waals surface area (Å²) >= 11 is 1.46. The van der Waals surface area contributed by atoms with E-state index in [0.717, 1.165) is 62.4 Å². The number of pyridine rings is 1. The summed E-state index contributed by atoms with van der Waals surface area (Å²) in [6.45, 7) is 2.40. The first-order chi connectivity index (χ1) is 24.4. The molecule has 1 saturated heterocycles. The number of ether oxygens (including phenoxy) is 1. The van der Waals surface area contributed by atoms with Crippen LogP contribution in [-0.2, 0) is 19.3 Å². The Morgan fingerprint density at radius 3 is 2.70 bits per heavy atom. The molecule has 2 aliphatic heterocycles. The molecule has 0 spiro atoms. The van der Waals surface area contributed by atoms with E-state index in [0.29, 0.717) is 54.2 Å². The zero-order valence-corrected chi connectivity index (χ0v) is 28.1. The summed E-state index contributed by atoms with van der Waals surface area (Å²) in [5.41, 5.74) is 6.17. The number of aromatic nitrogens is 5. The third-order valence-corrected chi connectivity index (χ3v) is 11.1. The molecule has 3 aliphatic rings. The Labute approximate surface area is 289 Å². The molecular formula is C37H31F2N7O3S. The molecule has 10 nitrogen and oxygen atoms in total. The Hall–Kier alpha value is -5.30. The van der Waals surface area contributed by atoms with Gasteiger partial charge < -0.3 is 19.4 Å². The number of amides is 1. The van der Waals surface area contributed by atoms with E-state index in [1.807, 2.05) is 11.0 Å². The van der Waals surface area contributed by atoms with Gasteiger partial charge in [-0.2, -0.15) is 0 Å². The van der Waals surface area contributed by atoms with Crippen molar-refractivity contribution in [1.29, 1.82) is 0 Å². The molecule has 50 heavy (non-hydrogen) atoms. The quantitative estimate of drug-likeness (QED) is 0.172.